The van der Waals surface area contributed by atoms with E-state index in [0.29, 0.717) is 38.3 Å². The molecule has 1 saturated heterocycles. The monoisotopic (exact) mass is 359 g/mol. The lowest BCUT2D eigenvalue weighted by atomic mass is 9.95. The number of amides is 1. The third-order valence-electron chi connectivity index (χ3n) is 4.42. The summed E-state index contributed by atoms with van der Waals surface area (Å²) in [4.78, 5) is 23.5. The minimum Gasteiger partial charge on any atom is -0.357 e. The van der Waals surface area contributed by atoms with Crippen LogP contribution in [0, 0.1) is 5.92 Å². The van der Waals surface area contributed by atoms with E-state index in [-0.39, 0.29) is 11.8 Å². The van der Waals surface area contributed by atoms with E-state index in [2.05, 4.69) is 4.98 Å². The predicted octanol–water partition coefficient (Wildman–Crippen LogP) is 3.51. The Balaban J connectivity index is 1.91. The molecule has 0 bridgehead atoms. The third kappa shape index (κ3) is 5.07. The van der Waals surface area contributed by atoms with Gasteiger partial charge in [-0.15, -0.1) is 0 Å². The van der Waals surface area contributed by atoms with Crippen LogP contribution < -0.4 is 4.90 Å². The van der Waals surface area contributed by atoms with Crippen LogP contribution in [0.1, 0.15) is 38.2 Å². The van der Waals surface area contributed by atoms with Crippen LogP contribution in [0.5, 0.6) is 0 Å². The van der Waals surface area contributed by atoms with E-state index in [4.69, 9.17) is 4.84 Å². The second kappa shape index (κ2) is 8.51. The summed E-state index contributed by atoms with van der Waals surface area (Å²) in [7, 11) is 1.49. The maximum atomic E-state index is 12.6. The van der Waals surface area contributed by atoms with Crippen LogP contribution >= 0.6 is 0 Å². The number of rotatable bonds is 6. The summed E-state index contributed by atoms with van der Waals surface area (Å²) >= 11 is 0. The Labute approximate surface area is 145 Å². The largest absolute Gasteiger partial charge is 0.417 e. The molecule has 0 unspecified atom stereocenters. The maximum absolute atomic E-state index is 12.6. The summed E-state index contributed by atoms with van der Waals surface area (Å²) in [5.41, 5.74) is -0.757. The number of carbonyl (C=O) groups excluding carboxylic acids is 1. The van der Waals surface area contributed by atoms with Gasteiger partial charge in [0.25, 0.3) is 0 Å². The summed E-state index contributed by atoms with van der Waals surface area (Å²) in [5, 5.41) is 1.42. The first kappa shape index (κ1) is 19.5. The highest BCUT2D eigenvalue weighted by Gasteiger charge is 2.32. The quantitative estimate of drug-likeness (QED) is 0.729. The summed E-state index contributed by atoms with van der Waals surface area (Å²) in [6.45, 7) is 3.79. The van der Waals surface area contributed by atoms with Crippen LogP contribution in [0.4, 0.5) is 19.0 Å². The van der Waals surface area contributed by atoms with E-state index in [1.54, 1.807) is 0 Å². The SMILES string of the molecule is CCCCN(OC)C(=O)C1CCN(c2ccc(C(F)(F)F)cn2)CC1. The molecular weight excluding hydrogens is 335 g/mol. The molecule has 5 nitrogen and oxygen atoms in total. The van der Waals surface area contributed by atoms with Crippen molar-refractivity contribution in [1.82, 2.24) is 10.0 Å². The van der Waals surface area contributed by atoms with E-state index < -0.39 is 11.7 Å². The van der Waals surface area contributed by atoms with Crippen LogP contribution in [0.2, 0.25) is 0 Å². The minimum absolute atomic E-state index is 0.0176. The Bertz CT molecular complexity index is 555. The van der Waals surface area contributed by atoms with Crippen molar-refractivity contribution in [2.75, 3.05) is 31.6 Å². The normalized spacial score (nSPS) is 16.1. The molecule has 1 aliphatic heterocycles. The van der Waals surface area contributed by atoms with Gasteiger partial charge in [0, 0.05) is 31.7 Å². The smallest absolute Gasteiger partial charge is 0.357 e. The van der Waals surface area contributed by atoms with Crippen molar-refractivity contribution < 1.29 is 22.8 Å². The lowest BCUT2D eigenvalue weighted by Crippen LogP contribution is -2.42. The van der Waals surface area contributed by atoms with E-state index in [0.717, 1.165) is 25.1 Å². The molecule has 0 aromatic carbocycles. The Morgan fingerprint density at radius 2 is 2.04 bits per heavy atom. The number of unbranched alkanes of at least 4 members (excludes halogenated alkanes) is 1. The first-order chi connectivity index (χ1) is 11.9. The van der Waals surface area contributed by atoms with Gasteiger partial charge < -0.3 is 4.90 Å². The Morgan fingerprint density at radius 3 is 2.52 bits per heavy atom. The van der Waals surface area contributed by atoms with Crippen molar-refractivity contribution in [3.63, 3.8) is 0 Å². The first-order valence-electron chi connectivity index (χ1n) is 8.50. The fourth-order valence-corrected chi connectivity index (χ4v) is 2.89. The molecule has 1 amide bonds. The summed E-state index contributed by atoms with van der Waals surface area (Å²) in [6, 6.07) is 2.42. The van der Waals surface area contributed by atoms with Gasteiger partial charge in [0.15, 0.2) is 0 Å². The van der Waals surface area contributed by atoms with Crippen LogP contribution in [0.15, 0.2) is 18.3 Å². The summed E-state index contributed by atoms with van der Waals surface area (Å²) in [5.74, 6) is 0.368. The van der Waals surface area contributed by atoms with E-state index in [9.17, 15) is 18.0 Å². The zero-order chi connectivity index (χ0) is 18.4. The number of alkyl halides is 3. The number of hydrogen-bond donors (Lipinski definition) is 0. The number of halogens is 3. The highest BCUT2D eigenvalue weighted by molar-refractivity contribution is 5.78. The van der Waals surface area contributed by atoms with Gasteiger partial charge in [0.1, 0.15) is 5.82 Å². The molecule has 1 fully saturated rings. The van der Waals surface area contributed by atoms with Crippen LogP contribution in [0.25, 0.3) is 0 Å². The highest BCUT2D eigenvalue weighted by Crippen LogP contribution is 2.30. The molecule has 0 radical (unpaired) electrons. The molecule has 0 atom stereocenters. The number of nitrogens with zero attached hydrogens (tertiary/aromatic N) is 3. The van der Waals surface area contributed by atoms with Gasteiger partial charge in [0.2, 0.25) is 5.91 Å². The minimum atomic E-state index is -4.38. The fraction of sp³-hybridized carbons (Fsp3) is 0.647. The molecule has 1 aromatic rings. The van der Waals surface area contributed by atoms with Crippen LogP contribution in [-0.2, 0) is 15.8 Å². The molecule has 140 valence electrons. The zero-order valence-electron chi connectivity index (χ0n) is 14.6. The lowest BCUT2D eigenvalue weighted by molar-refractivity contribution is -0.181. The standard InChI is InChI=1S/C17H24F3N3O2/c1-3-4-9-23(25-2)16(24)13-7-10-22(11-8-13)15-6-5-14(12-21-15)17(18,19)20/h5-6,12-13H,3-4,7-11H2,1-2H3. The molecule has 8 heteroatoms. The van der Waals surface area contributed by atoms with E-state index >= 15 is 0 Å². The molecule has 1 aliphatic rings. The van der Waals surface area contributed by atoms with Crippen molar-refractivity contribution in [1.29, 1.82) is 0 Å². The second-order valence-corrected chi connectivity index (χ2v) is 6.14. The number of hydroxylamine groups is 2. The Kier molecular flexibility index (Phi) is 6.64. The zero-order valence-corrected chi connectivity index (χ0v) is 14.6. The Hall–Kier alpha value is -1.83. The number of aromatic nitrogens is 1. The van der Waals surface area contributed by atoms with Crippen molar-refractivity contribution in [2.24, 2.45) is 5.92 Å². The predicted molar refractivity (Wildman–Crippen MR) is 87.8 cm³/mol. The fourth-order valence-electron chi connectivity index (χ4n) is 2.89. The van der Waals surface area contributed by atoms with Gasteiger partial charge in [-0.25, -0.2) is 10.0 Å². The molecular formula is C17H24F3N3O2. The van der Waals surface area contributed by atoms with Gasteiger partial charge in [-0.2, -0.15) is 13.2 Å². The van der Waals surface area contributed by atoms with Crippen LogP contribution in [-0.4, -0.2) is 42.7 Å². The van der Waals surface area contributed by atoms with Gasteiger partial charge in [-0.3, -0.25) is 9.63 Å². The van der Waals surface area contributed by atoms with Crippen molar-refractivity contribution in [2.45, 2.75) is 38.8 Å². The average molecular weight is 359 g/mol. The highest BCUT2D eigenvalue weighted by atomic mass is 19.4. The van der Waals surface area contributed by atoms with Crippen molar-refractivity contribution in [3.8, 4) is 0 Å². The topological polar surface area (TPSA) is 45.7 Å². The van der Waals surface area contributed by atoms with Gasteiger partial charge in [0.05, 0.1) is 12.7 Å². The average Bonchev–Trinajstić information content (AvgIpc) is 2.61. The van der Waals surface area contributed by atoms with E-state index in [1.165, 1.54) is 18.2 Å². The number of carbonyl (C=O) groups is 1. The van der Waals surface area contributed by atoms with Crippen molar-refractivity contribution >= 4 is 11.7 Å². The summed E-state index contributed by atoms with van der Waals surface area (Å²) < 4.78 is 37.8. The molecule has 2 heterocycles. The lowest BCUT2D eigenvalue weighted by Gasteiger charge is -2.34. The first-order valence-corrected chi connectivity index (χ1v) is 8.50. The Morgan fingerprint density at radius 1 is 1.36 bits per heavy atom. The number of pyridine rings is 1. The molecule has 25 heavy (non-hydrogen) atoms. The number of hydrogen-bond acceptors (Lipinski definition) is 4. The van der Waals surface area contributed by atoms with Gasteiger partial charge in [-0.1, -0.05) is 13.3 Å². The van der Waals surface area contributed by atoms with Crippen molar-refractivity contribution in [3.05, 3.63) is 23.9 Å². The summed E-state index contributed by atoms with van der Waals surface area (Å²) in [6.07, 6.45) is -0.406. The van der Waals surface area contributed by atoms with Gasteiger partial charge in [-0.05, 0) is 31.4 Å². The van der Waals surface area contributed by atoms with E-state index in [1.807, 2.05) is 11.8 Å². The number of piperidine rings is 1. The molecule has 0 spiro atoms. The third-order valence-corrected chi connectivity index (χ3v) is 4.42. The molecule has 0 saturated carbocycles. The molecule has 1 aromatic heterocycles. The molecule has 2 rings (SSSR count). The molecule has 0 aliphatic carbocycles. The van der Waals surface area contributed by atoms with Crippen LogP contribution in [0.3, 0.4) is 0 Å². The van der Waals surface area contributed by atoms with Gasteiger partial charge >= 0.3 is 6.18 Å². The maximum Gasteiger partial charge on any atom is 0.417 e. The second-order valence-electron chi connectivity index (χ2n) is 6.14. The molecule has 0 N–H and O–H groups in total. The number of anilines is 1.